The summed E-state index contributed by atoms with van der Waals surface area (Å²) < 4.78 is 11.2. The Labute approximate surface area is 204 Å². The standard InChI is InChI=1S/C29H26N2O4/c1-3-21-10-15-24(16-11-21)34-19-28(32)31-30-18-26-25-7-5-4-6-22(25)14-17-27(26)35-29(33)23-12-8-20(2)9-13-23/h4-18H,3,19H2,1-2H3,(H,31,32). The molecule has 0 bridgehead atoms. The van der Waals surface area contributed by atoms with Crippen LogP contribution in [-0.4, -0.2) is 24.7 Å². The zero-order chi connectivity index (χ0) is 24.6. The second-order valence-corrected chi connectivity index (χ2v) is 8.03. The van der Waals surface area contributed by atoms with E-state index in [1.165, 1.54) is 11.8 Å². The summed E-state index contributed by atoms with van der Waals surface area (Å²) in [5, 5.41) is 5.88. The Balaban J connectivity index is 1.47. The van der Waals surface area contributed by atoms with Crippen LogP contribution < -0.4 is 14.9 Å². The zero-order valence-corrected chi connectivity index (χ0v) is 19.7. The molecule has 35 heavy (non-hydrogen) atoms. The molecule has 0 aliphatic carbocycles. The Hall–Kier alpha value is -4.45. The normalized spacial score (nSPS) is 10.9. The predicted molar refractivity (Wildman–Crippen MR) is 137 cm³/mol. The number of nitrogens with one attached hydrogen (secondary N) is 1. The Morgan fingerprint density at radius 2 is 1.66 bits per heavy atom. The minimum Gasteiger partial charge on any atom is -0.484 e. The molecular formula is C29H26N2O4. The number of nitrogens with zero attached hydrogens (tertiary/aromatic N) is 1. The van der Waals surface area contributed by atoms with Crippen LogP contribution in [0.1, 0.15) is 34.0 Å². The van der Waals surface area contributed by atoms with Crippen LogP contribution in [-0.2, 0) is 11.2 Å². The number of rotatable bonds is 8. The van der Waals surface area contributed by atoms with Crippen LogP contribution in [0.25, 0.3) is 10.8 Å². The molecule has 4 rings (SSSR count). The highest BCUT2D eigenvalue weighted by atomic mass is 16.5. The third-order valence-electron chi connectivity index (χ3n) is 5.51. The Morgan fingerprint density at radius 3 is 2.40 bits per heavy atom. The second kappa shape index (κ2) is 11.1. The number of carbonyl (C=O) groups excluding carboxylic acids is 2. The van der Waals surface area contributed by atoms with Gasteiger partial charge in [-0.25, -0.2) is 10.2 Å². The molecule has 0 atom stereocenters. The number of carbonyl (C=O) groups is 2. The first-order valence-electron chi connectivity index (χ1n) is 11.4. The molecule has 0 aromatic heterocycles. The van der Waals surface area contributed by atoms with Crippen LogP contribution in [0.2, 0.25) is 0 Å². The summed E-state index contributed by atoms with van der Waals surface area (Å²) in [5.74, 6) is 0.0842. The maximum Gasteiger partial charge on any atom is 0.343 e. The third-order valence-corrected chi connectivity index (χ3v) is 5.51. The molecule has 0 saturated carbocycles. The summed E-state index contributed by atoms with van der Waals surface area (Å²) in [5.41, 5.74) is 5.75. The Kier molecular flexibility index (Phi) is 7.53. The molecule has 0 heterocycles. The van der Waals surface area contributed by atoms with Gasteiger partial charge in [0.1, 0.15) is 11.5 Å². The van der Waals surface area contributed by atoms with Crippen molar-refractivity contribution >= 4 is 28.9 Å². The van der Waals surface area contributed by atoms with E-state index in [0.29, 0.717) is 22.6 Å². The van der Waals surface area contributed by atoms with Crippen molar-refractivity contribution in [3.8, 4) is 11.5 Å². The molecule has 4 aromatic carbocycles. The van der Waals surface area contributed by atoms with Crippen LogP contribution in [0.4, 0.5) is 0 Å². The summed E-state index contributed by atoms with van der Waals surface area (Å²) in [7, 11) is 0. The molecule has 0 aliphatic rings. The van der Waals surface area contributed by atoms with Gasteiger partial charge in [0.05, 0.1) is 11.8 Å². The lowest BCUT2D eigenvalue weighted by Gasteiger charge is -2.11. The topological polar surface area (TPSA) is 77.0 Å². The summed E-state index contributed by atoms with van der Waals surface area (Å²) in [6.07, 6.45) is 2.42. The smallest absolute Gasteiger partial charge is 0.343 e. The molecule has 176 valence electrons. The number of benzene rings is 4. The lowest BCUT2D eigenvalue weighted by molar-refractivity contribution is -0.123. The number of fused-ring (bicyclic) bond motifs is 1. The molecule has 0 fully saturated rings. The number of hydrogen-bond donors (Lipinski definition) is 1. The van der Waals surface area contributed by atoms with Crippen LogP contribution >= 0.6 is 0 Å². The van der Waals surface area contributed by atoms with E-state index >= 15 is 0 Å². The molecule has 1 amide bonds. The molecule has 0 spiro atoms. The van der Waals surface area contributed by atoms with Gasteiger partial charge in [0.2, 0.25) is 0 Å². The van der Waals surface area contributed by atoms with E-state index in [2.05, 4.69) is 17.5 Å². The number of amides is 1. The SMILES string of the molecule is CCc1ccc(OCC(=O)NN=Cc2c(OC(=O)c3ccc(C)cc3)ccc3ccccc23)cc1. The molecular weight excluding hydrogens is 440 g/mol. The summed E-state index contributed by atoms with van der Waals surface area (Å²) in [6, 6.07) is 26.0. The van der Waals surface area contributed by atoms with E-state index < -0.39 is 11.9 Å². The highest BCUT2D eigenvalue weighted by Crippen LogP contribution is 2.27. The molecule has 6 nitrogen and oxygen atoms in total. The minimum absolute atomic E-state index is 0.173. The van der Waals surface area contributed by atoms with Gasteiger partial charge in [0, 0.05) is 5.56 Å². The average molecular weight is 467 g/mol. The van der Waals surface area contributed by atoms with Gasteiger partial charge in [-0.1, -0.05) is 67.1 Å². The van der Waals surface area contributed by atoms with Crippen molar-refractivity contribution in [2.45, 2.75) is 20.3 Å². The molecule has 4 aromatic rings. The first-order chi connectivity index (χ1) is 17.0. The van der Waals surface area contributed by atoms with E-state index in [-0.39, 0.29) is 6.61 Å². The van der Waals surface area contributed by atoms with Crippen molar-refractivity contribution in [3.05, 3.63) is 107 Å². The molecule has 0 aliphatic heterocycles. The fourth-order valence-corrected chi connectivity index (χ4v) is 3.52. The van der Waals surface area contributed by atoms with Gasteiger partial charge < -0.3 is 9.47 Å². The van der Waals surface area contributed by atoms with Gasteiger partial charge in [0.25, 0.3) is 5.91 Å². The summed E-state index contributed by atoms with van der Waals surface area (Å²) in [4.78, 5) is 24.9. The van der Waals surface area contributed by atoms with E-state index in [0.717, 1.165) is 22.8 Å². The quantitative estimate of drug-likeness (QED) is 0.162. The van der Waals surface area contributed by atoms with E-state index in [1.54, 1.807) is 18.2 Å². The van der Waals surface area contributed by atoms with Gasteiger partial charge in [-0.2, -0.15) is 5.10 Å². The van der Waals surface area contributed by atoms with Crippen molar-refractivity contribution in [1.29, 1.82) is 0 Å². The number of ether oxygens (including phenoxy) is 2. The van der Waals surface area contributed by atoms with Crippen molar-refractivity contribution in [2.75, 3.05) is 6.61 Å². The maximum absolute atomic E-state index is 12.7. The lowest BCUT2D eigenvalue weighted by atomic mass is 10.0. The monoisotopic (exact) mass is 466 g/mol. The zero-order valence-electron chi connectivity index (χ0n) is 19.7. The van der Waals surface area contributed by atoms with Crippen molar-refractivity contribution < 1.29 is 19.1 Å². The fraction of sp³-hybridized carbons (Fsp3) is 0.138. The van der Waals surface area contributed by atoms with Crippen LogP contribution in [0.5, 0.6) is 11.5 Å². The highest BCUT2D eigenvalue weighted by Gasteiger charge is 2.13. The molecule has 0 saturated heterocycles. The molecule has 0 radical (unpaired) electrons. The van der Waals surface area contributed by atoms with Gasteiger partial charge in [-0.05, 0) is 60.0 Å². The minimum atomic E-state index is -0.471. The number of aryl methyl sites for hydroxylation is 2. The molecule has 0 unspecified atom stereocenters. The molecule has 6 heteroatoms. The first kappa shape index (κ1) is 23.7. The third kappa shape index (κ3) is 6.12. The van der Waals surface area contributed by atoms with Crippen molar-refractivity contribution in [2.24, 2.45) is 5.10 Å². The van der Waals surface area contributed by atoms with Gasteiger partial charge in [-0.3, -0.25) is 4.79 Å². The van der Waals surface area contributed by atoms with Crippen LogP contribution in [0.3, 0.4) is 0 Å². The van der Waals surface area contributed by atoms with E-state index in [4.69, 9.17) is 9.47 Å². The van der Waals surface area contributed by atoms with E-state index in [1.807, 2.05) is 73.7 Å². The van der Waals surface area contributed by atoms with Crippen LogP contribution in [0, 0.1) is 6.92 Å². The van der Waals surface area contributed by atoms with Crippen molar-refractivity contribution in [1.82, 2.24) is 5.43 Å². The molecule has 1 N–H and O–H groups in total. The Bertz CT molecular complexity index is 1360. The fourth-order valence-electron chi connectivity index (χ4n) is 3.52. The van der Waals surface area contributed by atoms with Gasteiger partial charge in [0.15, 0.2) is 6.61 Å². The number of hydrogen-bond acceptors (Lipinski definition) is 5. The average Bonchev–Trinajstić information content (AvgIpc) is 2.89. The van der Waals surface area contributed by atoms with Gasteiger partial charge >= 0.3 is 5.97 Å². The second-order valence-electron chi connectivity index (χ2n) is 8.03. The highest BCUT2D eigenvalue weighted by molar-refractivity contribution is 6.04. The van der Waals surface area contributed by atoms with Crippen molar-refractivity contribution in [3.63, 3.8) is 0 Å². The Morgan fingerprint density at radius 1 is 0.914 bits per heavy atom. The van der Waals surface area contributed by atoms with E-state index in [9.17, 15) is 9.59 Å². The predicted octanol–water partition coefficient (Wildman–Crippen LogP) is 5.46. The van der Waals surface area contributed by atoms with Gasteiger partial charge in [-0.15, -0.1) is 0 Å². The summed E-state index contributed by atoms with van der Waals surface area (Å²) >= 11 is 0. The van der Waals surface area contributed by atoms with Crippen LogP contribution in [0.15, 0.2) is 90.0 Å². The maximum atomic E-state index is 12.7. The number of esters is 1. The lowest BCUT2D eigenvalue weighted by Crippen LogP contribution is -2.24. The summed E-state index contributed by atoms with van der Waals surface area (Å²) in [6.45, 7) is 3.86. The number of hydrazone groups is 1. The largest absolute Gasteiger partial charge is 0.484 e. The first-order valence-corrected chi connectivity index (χ1v) is 11.4.